The fraction of sp³-hybridized carbons (Fsp3) is 0.133. The number of ether oxygens (including phenoxy) is 1. The number of carbonyl (C=O) groups is 1. The number of hydrogen-bond acceptors (Lipinski definition) is 3. The highest BCUT2D eigenvalue weighted by Crippen LogP contribution is 2.37. The number of fused-ring (bicyclic) bond motifs is 3. The Labute approximate surface area is 115 Å². The van der Waals surface area contributed by atoms with Gasteiger partial charge < -0.3 is 9.84 Å². The molecule has 3 nitrogen and oxygen atoms in total. The third-order valence-corrected chi connectivity index (χ3v) is 3.52. The zero-order chi connectivity index (χ0) is 13.6. The van der Waals surface area contributed by atoms with E-state index in [1.54, 1.807) is 18.2 Å². The number of halogens is 1. The van der Waals surface area contributed by atoms with Crippen molar-refractivity contribution in [2.75, 3.05) is 0 Å². The Bertz CT molecular complexity index is 692. The van der Waals surface area contributed by atoms with Crippen molar-refractivity contribution in [1.82, 2.24) is 0 Å². The summed E-state index contributed by atoms with van der Waals surface area (Å²) in [6, 6.07) is 8.82. The van der Waals surface area contributed by atoms with Gasteiger partial charge in [-0.05, 0) is 36.2 Å². The average Bonchev–Trinajstić information content (AvgIpc) is 2.50. The van der Waals surface area contributed by atoms with Crippen molar-refractivity contribution < 1.29 is 14.6 Å². The van der Waals surface area contributed by atoms with Gasteiger partial charge in [-0.2, -0.15) is 0 Å². The molecule has 3 rings (SSSR count). The Morgan fingerprint density at radius 1 is 1.16 bits per heavy atom. The van der Waals surface area contributed by atoms with E-state index in [0.717, 1.165) is 22.3 Å². The molecule has 0 aromatic heterocycles. The van der Waals surface area contributed by atoms with Gasteiger partial charge in [-0.25, -0.2) is 4.79 Å². The lowest BCUT2D eigenvalue weighted by Gasteiger charge is -2.09. The fourth-order valence-corrected chi connectivity index (χ4v) is 2.42. The number of cyclic esters (lactones) is 1. The van der Waals surface area contributed by atoms with E-state index >= 15 is 0 Å². The average molecular weight is 275 g/mol. The molecular weight excluding hydrogens is 264 g/mol. The number of esters is 1. The molecular formula is C15H11ClO3. The summed E-state index contributed by atoms with van der Waals surface area (Å²) in [4.78, 5) is 12.0. The minimum atomic E-state index is -0.356. The zero-order valence-corrected chi connectivity index (χ0v) is 11.0. The van der Waals surface area contributed by atoms with Crippen LogP contribution in [-0.4, -0.2) is 11.1 Å². The lowest BCUT2D eigenvalue weighted by Crippen LogP contribution is -2.03. The van der Waals surface area contributed by atoms with Gasteiger partial charge in [0, 0.05) is 5.56 Å². The highest BCUT2D eigenvalue weighted by Gasteiger charge is 2.22. The van der Waals surface area contributed by atoms with E-state index < -0.39 is 0 Å². The second-order valence-corrected chi connectivity index (χ2v) is 4.99. The van der Waals surface area contributed by atoms with Gasteiger partial charge in [0.05, 0.1) is 10.6 Å². The van der Waals surface area contributed by atoms with Gasteiger partial charge in [0.25, 0.3) is 0 Å². The molecule has 0 bridgehead atoms. The summed E-state index contributed by atoms with van der Waals surface area (Å²) in [7, 11) is 0. The van der Waals surface area contributed by atoms with Crippen LogP contribution in [0, 0.1) is 6.92 Å². The maximum absolute atomic E-state index is 12.0. The Morgan fingerprint density at radius 3 is 2.74 bits per heavy atom. The van der Waals surface area contributed by atoms with Crippen molar-refractivity contribution in [2.24, 2.45) is 0 Å². The van der Waals surface area contributed by atoms with Gasteiger partial charge in [-0.1, -0.05) is 29.3 Å². The number of benzene rings is 2. The smallest absolute Gasteiger partial charge is 0.339 e. The molecule has 4 heteroatoms. The van der Waals surface area contributed by atoms with Gasteiger partial charge in [0.15, 0.2) is 0 Å². The molecule has 0 fully saturated rings. The Morgan fingerprint density at radius 2 is 1.95 bits per heavy atom. The summed E-state index contributed by atoms with van der Waals surface area (Å²) >= 11 is 5.96. The second-order valence-electron chi connectivity index (χ2n) is 4.59. The van der Waals surface area contributed by atoms with Crippen molar-refractivity contribution in [3.63, 3.8) is 0 Å². The number of aromatic hydroxyl groups is 1. The summed E-state index contributed by atoms with van der Waals surface area (Å²) in [6.45, 7) is 2.05. The highest BCUT2D eigenvalue weighted by molar-refractivity contribution is 6.32. The molecule has 19 heavy (non-hydrogen) atoms. The maximum atomic E-state index is 12.0. The van der Waals surface area contributed by atoms with Crippen LogP contribution in [0.2, 0.25) is 5.02 Å². The normalized spacial score (nSPS) is 13.3. The molecule has 2 aromatic rings. The Balaban J connectivity index is 2.32. The van der Waals surface area contributed by atoms with Crippen molar-refractivity contribution in [2.45, 2.75) is 13.5 Å². The van der Waals surface area contributed by atoms with Crippen LogP contribution in [0.4, 0.5) is 0 Å². The van der Waals surface area contributed by atoms with Crippen LogP contribution in [0.15, 0.2) is 30.3 Å². The molecule has 0 amide bonds. The quantitative estimate of drug-likeness (QED) is 0.745. The maximum Gasteiger partial charge on any atom is 0.339 e. The number of carbonyl (C=O) groups excluding carboxylic acids is 1. The first kappa shape index (κ1) is 12.1. The van der Waals surface area contributed by atoms with E-state index in [1.165, 1.54) is 0 Å². The van der Waals surface area contributed by atoms with E-state index in [1.807, 2.05) is 19.1 Å². The summed E-state index contributed by atoms with van der Waals surface area (Å²) in [6.07, 6.45) is 0. The van der Waals surface area contributed by atoms with Crippen LogP contribution in [0.3, 0.4) is 0 Å². The first-order chi connectivity index (χ1) is 9.06. The first-order valence-corrected chi connectivity index (χ1v) is 6.23. The molecule has 0 aliphatic carbocycles. The molecule has 0 saturated carbocycles. The van der Waals surface area contributed by atoms with E-state index in [9.17, 15) is 9.90 Å². The molecule has 2 aromatic carbocycles. The van der Waals surface area contributed by atoms with E-state index in [4.69, 9.17) is 16.3 Å². The minimum Gasteiger partial charge on any atom is -0.506 e. The van der Waals surface area contributed by atoms with Crippen LogP contribution in [0.25, 0.3) is 11.1 Å². The highest BCUT2D eigenvalue weighted by atomic mass is 35.5. The standard InChI is InChI=1S/C15H11ClO3/c1-8-2-3-10-11-6-13(16)14(17)5-9(11)7-19-15(18)12(10)4-8/h2-6,17H,7H2,1H3. The molecule has 0 atom stereocenters. The third kappa shape index (κ3) is 1.96. The number of aryl methyl sites for hydroxylation is 1. The van der Waals surface area contributed by atoms with E-state index in [0.29, 0.717) is 5.56 Å². The summed E-state index contributed by atoms with van der Waals surface area (Å²) in [5.41, 5.74) is 3.87. The molecule has 0 unspecified atom stereocenters. The summed E-state index contributed by atoms with van der Waals surface area (Å²) in [5.74, 6) is -0.363. The van der Waals surface area contributed by atoms with Crippen molar-refractivity contribution in [1.29, 1.82) is 0 Å². The molecule has 1 heterocycles. The molecule has 1 aliphatic rings. The first-order valence-electron chi connectivity index (χ1n) is 5.86. The van der Waals surface area contributed by atoms with Gasteiger partial charge in [0.2, 0.25) is 0 Å². The lowest BCUT2D eigenvalue weighted by molar-refractivity contribution is 0.0478. The van der Waals surface area contributed by atoms with Gasteiger partial charge in [0.1, 0.15) is 12.4 Å². The number of rotatable bonds is 0. The van der Waals surface area contributed by atoms with Crippen molar-refractivity contribution in [3.8, 4) is 16.9 Å². The topological polar surface area (TPSA) is 46.5 Å². The van der Waals surface area contributed by atoms with Gasteiger partial charge in [-0.15, -0.1) is 0 Å². The van der Waals surface area contributed by atoms with Crippen molar-refractivity contribution >= 4 is 17.6 Å². The second kappa shape index (κ2) is 4.28. The largest absolute Gasteiger partial charge is 0.506 e. The van der Waals surface area contributed by atoms with Crippen LogP contribution >= 0.6 is 11.6 Å². The molecule has 0 saturated heterocycles. The monoisotopic (exact) mass is 274 g/mol. The lowest BCUT2D eigenvalue weighted by atomic mass is 9.95. The molecule has 0 spiro atoms. The van der Waals surface area contributed by atoms with E-state index in [-0.39, 0.29) is 23.3 Å². The number of phenolic OH excluding ortho intramolecular Hbond substituents is 1. The summed E-state index contributed by atoms with van der Waals surface area (Å²) in [5, 5.41) is 9.92. The fourth-order valence-electron chi connectivity index (χ4n) is 2.26. The number of hydrogen-bond donors (Lipinski definition) is 1. The van der Waals surface area contributed by atoms with Crippen molar-refractivity contribution in [3.05, 3.63) is 52.0 Å². The minimum absolute atomic E-state index is 0.00738. The van der Waals surface area contributed by atoms with Crippen LogP contribution < -0.4 is 0 Å². The van der Waals surface area contributed by atoms with Gasteiger partial charge in [-0.3, -0.25) is 0 Å². The third-order valence-electron chi connectivity index (χ3n) is 3.22. The van der Waals surface area contributed by atoms with Crippen LogP contribution in [-0.2, 0) is 11.3 Å². The van der Waals surface area contributed by atoms with Crippen LogP contribution in [0.5, 0.6) is 5.75 Å². The van der Waals surface area contributed by atoms with E-state index in [2.05, 4.69) is 0 Å². The SMILES string of the molecule is Cc1ccc2c(c1)C(=O)OCc1cc(O)c(Cl)cc1-2. The molecule has 96 valence electrons. The van der Waals surface area contributed by atoms with Crippen LogP contribution in [0.1, 0.15) is 21.5 Å². The summed E-state index contributed by atoms with van der Waals surface area (Å²) < 4.78 is 5.21. The predicted octanol–water partition coefficient (Wildman–Crippen LogP) is 3.69. The molecule has 1 aliphatic heterocycles. The zero-order valence-electron chi connectivity index (χ0n) is 10.2. The van der Waals surface area contributed by atoms with Gasteiger partial charge >= 0.3 is 5.97 Å². The predicted molar refractivity (Wildman–Crippen MR) is 72.4 cm³/mol. The number of phenols is 1. The molecule has 1 N–H and O–H groups in total. The Hall–Kier alpha value is -2.00. The molecule has 0 radical (unpaired) electrons. The Kier molecular flexibility index (Phi) is 2.72.